The monoisotopic (exact) mass is 610 g/mol. The Labute approximate surface area is 164 Å². The molecule has 0 aliphatic heterocycles. The molecule has 0 bridgehead atoms. The highest BCUT2D eigenvalue weighted by Crippen LogP contribution is 2.32. The second kappa shape index (κ2) is 9.11. The van der Waals surface area contributed by atoms with Gasteiger partial charge in [0.15, 0.2) is 0 Å². The number of rotatable bonds is 1. The first-order valence-corrected chi connectivity index (χ1v) is 9.54. The molecule has 114 valence electrons. The van der Waals surface area contributed by atoms with Crippen molar-refractivity contribution in [1.82, 2.24) is 0 Å². The van der Waals surface area contributed by atoms with Crippen molar-refractivity contribution in [2.45, 2.75) is 13.6 Å². The van der Waals surface area contributed by atoms with Crippen molar-refractivity contribution in [3.8, 4) is 0 Å². The van der Waals surface area contributed by atoms with Crippen LogP contribution >= 0.6 is 79.6 Å². The molecule has 0 nitrogen and oxygen atoms in total. The maximum atomic E-state index is 12.7. The van der Waals surface area contributed by atoms with Crippen molar-refractivity contribution >= 4 is 79.6 Å². The Morgan fingerprint density at radius 2 is 1.43 bits per heavy atom. The SMILES string of the molecule is Cc1cc(Br)c(F)cc1Br.FCc1c(Br)ccc(Br)c1Br. The molecular weight excluding hydrogens is 606 g/mol. The van der Waals surface area contributed by atoms with Gasteiger partial charge in [-0.15, -0.1) is 0 Å². The van der Waals surface area contributed by atoms with Crippen LogP contribution in [0.5, 0.6) is 0 Å². The van der Waals surface area contributed by atoms with Crippen molar-refractivity contribution in [3.63, 3.8) is 0 Å². The minimum atomic E-state index is -0.472. The van der Waals surface area contributed by atoms with Gasteiger partial charge in [0.1, 0.15) is 12.5 Å². The van der Waals surface area contributed by atoms with Crippen molar-refractivity contribution in [1.29, 1.82) is 0 Å². The highest BCUT2D eigenvalue weighted by Gasteiger charge is 2.07. The zero-order chi connectivity index (χ0) is 16.2. The molecule has 0 fully saturated rings. The quantitative estimate of drug-likeness (QED) is 0.285. The molecule has 0 aliphatic carbocycles. The molecule has 0 saturated heterocycles. The van der Waals surface area contributed by atoms with Gasteiger partial charge in [-0.25, -0.2) is 8.78 Å². The fourth-order valence-corrected chi connectivity index (χ4v) is 3.61. The van der Waals surface area contributed by atoms with E-state index in [-0.39, 0.29) is 5.82 Å². The van der Waals surface area contributed by atoms with E-state index < -0.39 is 6.67 Å². The van der Waals surface area contributed by atoms with E-state index in [1.54, 1.807) is 6.07 Å². The zero-order valence-corrected chi connectivity index (χ0v) is 18.6. The van der Waals surface area contributed by atoms with E-state index in [2.05, 4.69) is 79.6 Å². The van der Waals surface area contributed by atoms with E-state index >= 15 is 0 Å². The third kappa shape index (κ3) is 5.68. The molecule has 0 saturated carbocycles. The Morgan fingerprint density at radius 3 is 1.90 bits per heavy atom. The van der Waals surface area contributed by atoms with Crippen LogP contribution in [-0.4, -0.2) is 0 Å². The highest BCUT2D eigenvalue weighted by molar-refractivity contribution is 9.13. The minimum absolute atomic E-state index is 0.238. The van der Waals surface area contributed by atoms with Crippen molar-refractivity contribution < 1.29 is 8.78 Å². The first-order chi connectivity index (χ1) is 9.77. The number of halogens is 7. The van der Waals surface area contributed by atoms with Gasteiger partial charge in [0.25, 0.3) is 0 Å². The fraction of sp³-hybridized carbons (Fsp3) is 0.143. The van der Waals surface area contributed by atoms with E-state index in [1.807, 2.05) is 19.1 Å². The van der Waals surface area contributed by atoms with Gasteiger partial charge < -0.3 is 0 Å². The first-order valence-electron chi connectivity index (χ1n) is 5.57. The average Bonchev–Trinajstić information content (AvgIpc) is 2.43. The molecule has 0 amide bonds. The van der Waals surface area contributed by atoms with Gasteiger partial charge in [-0.05, 0) is 84.5 Å². The standard InChI is InChI=1S/C7H4Br3F.C7H5Br2F/c8-5-1-2-6(9)7(10)4(5)3-11;1-4-2-6(9)7(10)3-5(4)8/h1-2H,3H2;2-3H,1H3. The van der Waals surface area contributed by atoms with Crippen molar-refractivity contribution in [2.75, 3.05) is 0 Å². The lowest BCUT2D eigenvalue weighted by Gasteiger charge is -2.03. The molecule has 0 radical (unpaired) electrons. The molecule has 0 aromatic heterocycles. The molecule has 2 aromatic rings. The summed E-state index contributed by atoms with van der Waals surface area (Å²) >= 11 is 16.1. The molecular formula is C14H9Br5F2. The van der Waals surface area contributed by atoms with Crippen molar-refractivity contribution in [3.05, 3.63) is 63.6 Å². The zero-order valence-electron chi connectivity index (χ0n) is 10.7. The van der Waals surface area contributed by atoms with E-state index in [4.69, 9.17) is 0 Å². The number of hydrogen-bond acceptors (Lipinski definition) is 0. The maximum absolute atomic E-state index is 12.7. The van der Waals surface area contributed by atoms with Crippen LogP contribution in [0.1, 0.15) is 11.1 Å². The maximum Gasteiger partial charge on any atom is 0.138 e. The third-order valence-electron chi connectivity index (χ3n) is 2.47. The Hall–Kier alpha value is 0.700. The lowest BCUT2D eigenvalue weighted by atomic mass is 10.2. The Morgan fingerprint density at radius 1 is 0.857 bits per heavy atom. The van der Waals surface area contributed by atoms with Crippen LogP contribution < -0.4 is 0 Å². The van der Waals surface area contributed by atoms with Crippen LogP contribution in [0.3, 0.4) is 0 Å². The average molecular weight is 615 g/mol. The molecule has 0 aliphatic rings. The summed E-state index contributed by atoms with van der Waals surface area (Å²) in [7, 11) is 0. The van der Waals surface area contributed by atoms with Gasteiger partial charge in [-0.3, -0.25) is 0 Å². The van der Waals surface area contributed by atoms with Crippen LogP contribution in [0.4, 0.5) is 8.78 Å². The Kier molecular flexibility index (Phi) is 8.56. The summed E-state index contributed by atoms with van der Waals surface area (Å²) in [5.74, 6) is -0.238. The largest absolute Gasteiger partial charge is 0.246 e. The number of hydrogen-bond donors (Lipinski definition) is 0. The van der Waals surface area contributed by atoms with E-state index in [0.717, 1.165) is 23.5 Å². The van der Waals surface area contributed by atoms with E-state index in [0.29, 0.717) is 10.0 Å². The first kappa shape index (κ1) is 19.7. The molecule has 0 heterocycles. The molecule has 7 heteroatoms. The summed E-state index contributed by atoms with van der Waals surface area (Å²) in [6, 6.07) is 6.84. The normalized spacial score (nSPS) is 10.1. The lowest BCUT2D eigenvalue weighted by Crippen LogP contribution is -1.84. The third-order valence-corrected chi connectivity index (χ3v) is 6.78. The molecule has 2 aromatic carbocycles. The van der Waals surface area contributed by atoms with Gasteiger partial charge in [-0.2, -0.15) is 0 Å². The van der Waals surface area contributed by atoms with Gasteiger partial charge >= 0.3 is 0 Å². The van der Waals surface area contributed by atoms with Crippen LogP contribution in [0, 0.1) is 12.7 Å². The minimum Gasteiger partial charge on any atom is -0.246 e. The molecule has 0 atom stereocenters. The Bertz CT molecular complexity index is 593. The smallest absolute Gasteiger partial charge is 0.138 e. The van der Waals surface area contributed by atoms with Crippen LogP contribution in [-0.2, 0) is 6.67 Å². The van der Waals surface area contributed by atoms with Gasteiger partial charge in [0.2, 0.25) is 0 Å². The fourth-order valence-electron chi connectivity index (χ4n) is 1.31. The summed E-state index contributed by atoms with van der Waals surface area (Å²) in [6.45, 7) is 1.44. The van der Waals surface area contributed by atoms with E-state index in [9.17, 15) is 8.78 Å². The van der Waals surface area contributed by atoms with Crippen LogP contribution in [0.25, 0.3) is 0 Å². The molecule has 0 spiro atoms. The van der Waals surface area contributed by atoms with Crippen LogP contribution in [0.2, 0.25) is 0 Å². The summed E-state index contributed by atoms with van der Waals surface area (Å²) in [5, 5.41) is 0. The van der Waals surface area contributed by atoms with Gasteiger partial charge in [0, 0.05) is 23.5 Å². The molecule has 0 unspecified atom stereocenters. The lowest BCUT2D eigenvalue weighted by molar-refractivity contribution is 0.482. The summed E-state index contributed by atoms with van der Waals surface area (Å²) in [6.07, 6.45) is 0. The highest BCUT2D eigenvalue weighted by atomic mass is 79.9. The van der Waals surface area contributed by atoms with Crippen LogP contribution in [0.15, 0.2) is 46.6 Å². The second-order valence-electron chi connectivity index (χ2n) is 3.97. The molecule has 21 heavy (non-hydrogen) atoms. The topological polar surface area (TPSA) is 0 Å². The van der Waals surface area contributed by atoms with Gasteiger partial charge in [-0.1, -0.05) is 31.9 Å². The van der Waals surface area contributed by atoms with E-state index in [1.165, 1.54) is 6.07 Å². The molecule has 0 N–H and O–H groups in total. The predicted molar refractivity (Wildman–Crippen MR) is 101 cm³/mol. The second-order valence-corrected chi connectivity index (χ2v) is 8.18. The van der Waals surface area contributed by atoms with Crippen molar-refractivity contribution in [2.24, 2.45) is 0 Å². The number of aryl methyl sites for hydroxylation is 1. The summed E-state index contributed by atoms with van der Waals surface area (Å²) in [5.41, 5.74) is 1.66. The van der Waals surface area contributed by atoms with Gasteiger partial charge in [0.05, 0.1) is 4.47 Å². The predicted octanol–water partition coefficient (Wildman–Crippen LogP) is 8.10. The number of alkyl halides is 1. The summed E-state index contributed by atoms with van der Waals surface area (Å²) < 4.78 is 28.8. The number of benzene rings is 2. The summed E-state index contributed by atoms with van der Waals surface area (Å²) in [4.78, 5) is 0. The Balaban J connectivity index is 0.000000211. The molecule has 2 rings (SSSR count).